The maximum absolute atomic E-state index is 11.7. The second-order valence-corrected chi connectivity index (χ2v) is 3.80. The summed E-state index contributed by atoms with van der Waals surface area (Å²) in [6.07, 6.45) is 1.85. The lowest BCUT2D eigenvalue weighted by atomic mass is 10.1. The van der Waals surface area contributed by atoms with Gasteiger partial charge in [-0.1, -0.05) is 0 Å². The van der Waals surface area contributed by atoms with Crippen LogP contribution >= 0.6 is 0 Å². The zero-order valence-corrected chi connectivity index (χ0v) is 9.57. The summed E-state index contributed by atoms with van der Waals surface area (Å²) >= 11 is 0. The van der Waals surface area contributed by atoms with E-state index in [0.29, 0.717) is 26.2 Å². The highest BCUT2D eigenvalue weighted by Gasteiger charge is 2.27. The first-order valence-corrected chi connectivity index (χ1v) is 5.49. The molecule has 0 aliphatic carbocycles. The number of ether oxygens (including phenoxy) is 1. The second kappa shape index (κ2) is 6.44. The van der Waals surface area contributed by atoms with E-state index < -0.39 is 11.8 Å². The van der Waals surface area contributed by atoms with E-state index >= 15 is 0 Å². The van der Waals surface area contributed by atoms with Crippen LogP contribution in [0, 0.1) is 0 Å². The van der Waals surface area contributed by atoms with Gasteiger partial charge in [-0.05, 0) is 12.8 Å². The first-order valence-electron chi connectivity index (χ1n) is 5.49. The molecule has 0 spiro atoms. The Morgan fingerprint density at radius 2 is 2.31 bits per heavy atom. The molecule has 16 heavy (non-hydrogen) atoms. The van der Waals surface area contributed by atoms with Gasteiger partial charge in [0, 0.05) is 33.3 Å². The van der Waals surface area contributed by atoms with Crippen LogP contribution in [0.2, 0.25) is 0 Å². The third kappa shape index (κ3) is 3.46. The molecule has 0 saturated carbocycles. The van der Waals surface area contributed by atoms with E-state index in [9.17, 15) is 9.59 Å². The molecule has 3 N–H and O–H groups in total. The summed E-state index contributed by atoms with van der Waals surface area (Å²) in [5.74, 6) is -1.07. The fourth-order valence-corrected chi connectivity index (χ4v) is 1.72. The van der Waals surface area contributed by atoms with Crippen molar-refractivity contribution >= 4 is 11.8 Å². The van der Waals surface area contributed by atoms with Crippen molar-refractivity contribution in [2.75, 3.05) is 33.3 Å². The number of carbonyl (C=O) groups is 2. The first kappa shape index (κ1) is 12.9. The van der Waals surface area contributed by atoms with Crippen LogP contribution in [0.1, 0.15) is 12.8 Å². The molecular weight excluding hydrogens is 210 g/mol. The lowest BCUT2D eigenvalue weighted by Crippen LogP contribution is -2.49. The van der Waals surface area contributed by atoms with E-state index in [4.69, 9.17) is 10.5 Å². The minimum absolute atomic E-state index is 0.0417. The molecule has 1 atom stereocenters. The minimum Gasteiger partial charge on any atom is -0.380 e. The van der Waals surface area contributed by atoms with Gasteiger partial charge >= 0.3 is 11.8 Å². The van der Waals surface area contributed by atoms with Crippen molar-refractivity contribution in [1.82, 2.24) is 10.2 Å². The lowest BCUT2D eigenvalue weighted by molar-refractivity contribution is -0.148. The molecule has 92 valence electrons. The average molecular weight is 229 g/mol. The number of hydrogen-bond acceptors (Lipinski definition) is 4. The molecule has 1 rings (SSSR count). The zero-order chi connectivity index (χ0) is 12.0. The van der Waals surface area contributed by atoms with Gasteiger partial charge in [0.15, 0.2) is 0 Å². The third-order valence-electron chi connectivity index (χ3n) is 2.62. The maximum atomic E-state index is 11.7. The fraction of sp³-hybridized carbons (Fsp3) is 0.800. The van der Waals surface area contributed by atoms with Crippen molar-refractivity contribution < 1.29 is 14.3 Å². The fourth-order valence-electron chi connectivity index (χ4n) is 1.72. The number of likely N-dealkylation sites (tertiary alicyclic amines) is 1. The summed E-state index contributed by atoms with van der Waals surface area (Å²) in [7, 11) is 1.62. The molecule has 0 aromatic heterocycles. The van der Waals surface area contributed by atoms with Crippen LogP contribution in [0.5, 0.6) is 0 Å². The molecule has 1 unspecified atom stereocenters. The number of nitrogens with one attached hydrogen (secondary N) is 1. The lowest BCUT2D eigenvalue weighted by Gasteiger charge is -2.31. The van der Waals surface area contributed by atoms with Gasteiger partial charge in [0.25, 0.3) is 0 Å². The highest BCUT2D eigenvalue weighted by molar-refractivity contribution is 6.35. The van der Waals surface area contributed by atoms with Crippen LogP contribution in [-0.2, 0) is 14.3 Å². The standard InChI is InChI=1S/C10H19N3O3/c1-16-8-3-2-6-13(7-8)10(15)9(14)12-5-4-11/h8H,2-7,11H2,1H3,(H,12,14). The molecular formula is C10H19N3O3. The molecule has 2 amide bonds. The molecule has 6 nitrogen and oxygen atoms in total. The smallest absolute Gasteiger partial charge is 0.311 e. The summed E-state index contributed by atoms with van der Waals surface area (Å²) in [5.41, 5.74) is 5.24. The van der Waals surface area contributed by atoms with Crippen molar-refractivity contribution in [1.29, 1.82) is 0 Å². The number of methoxy groups -OCH3 is 1. The van der Waals surface area contributed by atoms with Crippen molar-refractivity contribution in [2.24, 2.45) is 5.73 Å². The van der Waals surface area contributed by atoms with Gasteiger partial charge in [-0.25, -0.2) is 0 Å². The topological polar surface area (TPSA) is 84.7 Å². The largest absolute Gasteiger partial charge is 0.380 e. The van der Waals surface area contributed by atoms with E-state index in [1.165, 1.54) is 4.90 Å². The van der Waals surface area contributed by atoms with Gasteiger partial charge in [0.1, 0.15) is 0 Å². The summed E-state index contributed by atoms with van der Waals surface area (Å²) in [6, 6.07) is 0. The molecule has 0 bridgehead atoms. The summed E-state index contributed by atoms with van der Waals surface area (Å²) in [6.45, 7) is 1.77. The van der Waals surface area contributed by atoms with Crippen LogP contribution in [0.4, 0.5) is 0 Å². The van der Waals surface area contributed by atoms with Crippen LogP contribution in [0.25, 0.3) is 0 Å². The molecule has 0 radical (unpaired) electrons. The minimum atomic E-state index is -0.581. The Morgan fingerprint density at radius 3 is 2.94 bits per heavy atom. The molecule has 6 heteroatoms. The van der Waals surface area contributed by atoms with E-state index in [-0.39, 0.29) is 6.10 Å². The zero-order valence-electron chi connectivity index (χ0n) is 9.57. The van der Waals surface area contributed by atoms with Crippen molar-refractivity contribution in [3.05, 3.63) is 0 Å². The summed E-state index contributed by atoms with van der Waals surface area (Å²) < 4.78 is 5.19. The molecule has 1 heterocycles. The molecule has 0 aromatic rings. The summed E-state index contributed by atoms with van der Waals surface area (Å²) in [5, 5.41) is 2.47. The number of carbonyl (C=O) groups excluding carboxylic acids is 2. The van der Waals surface area contributed by atoms with Gasteiger partial charge in [-0.2, -0.15) is 0 Å². The van der Waals surface area contributed by atoms with Crippen LogP contribution in [0.15, 0.2) is 0 Å². The summed E-state index contributed by atoms with van der Waals surface area (Å²) in [4.78, 5) is 24.6. The quantitative estimate of drug-likeness (QED) is 0.589. The molecule has 1 aliphatic heterocycles. The van der Waals surface area contributed by atoms with Gasteiger partial charge in [0.05, 0.1) is 6.10 Å². The number of amides is 2. The van der Waals surface area contributed by atoms with Gasteiger partial charge in [-0.15, -0.1) is 0 Å². The molecule has 1 aliphatic rings. The molecule has 0 aromatic carbocycles. The Labute approximate surface area is 95.1 Å². The van der Waals surface area contributed by atoms with Crippen molar-refractivity contribution in [2.45, 2.75) is 18.9 Å². The van der Waals surface area contributed by atoms with E-state index in [1.54, 1.807) is 7.11 Å². The van der Waals surface area contributed by atoms with Crippen LogP contribution in [-0.4, -0.2) is 56.1 Å². The van der Waals surface area contributed by atoms with E-state index in [1.807, 2.05) is 0 Å². The van der Waals surface area contributed by atoms with E-state index in [2.05, 4.69) is 5.32 Å². The maximum Gasteiger partial charge on any atom is 0.311 e. The number of nitrogens with zero attached hydrogens (tertiary/aromatic N) is 1. The van der Waals surface area contributed by atoms with Gasteiger partial charge in [-0.3, -0.25) is 9.59 Å². The third-order valence-corrected chi connectivity index (χ3v) is 2.62. The number of piperidine rings is 1. The monoisotopic (exact) mass is 229 g/mol. The first-order chi connectivity index (χ1) is 7.69. The molecule has 1 fully saturated rings. The Hall–Kier alpha value is -1.14. The predicted octanol–water partition coefficient (Wildman–Crippen LogP) is -1.30. The number of hydrogen-bond donors (Lipinski definition) is 2. The van der Waals surface area contributed by atoms with Crippen LogP contribution in [0.3, 0.4) is 0 Å². The Kier molecular flexibility index (Phi) is 5.21. The Balaban J connectivity index is 2.43. The average Bonchev–Trinajstić information content (AvgIpc) is 2.35. The van der Waals surface area contributed by atoms with Crippen molar-refractivity contribution in [3.63, 3.8) is 0 Å². The van der Waals surface area contributed by atoms with Gasteiger partial charge < -0.3 is 20.7 Å². The SMILES string of the molecule is COC1CCCN(C(=O)C(=O)NCCN)C1. The van der Waals surface area contributed by atoms with Crippen molar-refractivity contribution in [3.8, 4) is 0 Å². The predicted molar refractivity (Wildman–Crippen MR) is 58.7 cm³/mol. The van der Waals surface area contributed by atoms with E-state index in [0.717, 1.165) is 12.8 Å². The Bertz CT molecular complexity index is 258. The molecule has 1 saturated heterocycles. The normalized spacial score (nSPS) is 20.6. The van der Waals surface area contributed by atoms with Crippen LogP contribution < -0.4 is 11.1 Å². The second-order valence-electron chi connectivity index (χ2n) is 3.80. The highest BCUT2D eigenvalue weighted by Crippen LogP contribution is 2.12. The van der Waals surface area contributed by atoms with Gasteiger partial charge in [0.2, 0.25) is 0 Å². The Morgan fingerprint density at radius 1 is 1.56 bits per heavy atom. The number of nitrogens with two attached hydrogens (primary N) is 1. The highest BCUT2D eigenvalue weighted by atomic mass is 16.5. The number of rotatable bonds is 3.